The van der Waals surface area contributed by atoms with E-state index < -0.39 is 38.7 Å². The van der Waals surface area contributed by atoms with Crippen LogP contribution in [-0.2, 0) is 16.4 Å². The van der Waals surface area contributed by atoms with E-state index in [1.807, 2.05) is 4.72 Å². The molecule has 3 aromatic rings. The average Bonchev–Trinajstić information content (AvgIpc) is 3.13. The van der Waals surface area contributed by atoms with Crippen LogP contribution in [0.25, 0.3) is 11.0 Å². The summed E-state index contributed by atoms with van der Waals surface area (Å²) in [6, 6.07) is 3.33. The molecule has 1 aromatic carbocycles. The first-order valence-electron chi connectivity index (χ1n) is 9.84. The number of aliphatic hydroxyl groups excluding tert-OH is 1. The third-order valence-corrected chi connectivity index (χ3v) is 5.93. The molecule has 172 valence electrons. The number of aromatic amines is 1. The standard InChI is InChI=1S/C20H22F2N4O5S/c1-2-8-32(29,30)26-15-5-4-14(21)17(18(15)22)16(28)10-12-9-13-19(23-11-12)24-25-20(13)31-7-3-6-27/h4-5,9,11,26-27H,2-3,6-8,10H2,1H3,(H,23,24,25). The number of aliphatic hydroxyl groups is 1. The van der Waals surface area contributed by atoms with Crippen LogP contribution < -0.4 is 9.46 Å². The summed E-state index contributed by atoms with van der Waals surface area (Å²) in [4.78, 5) is 16.8. The number of anilines is 1. The van der Waals surface area contributed by atoms with Gasteiger partial charge in [0.05, 0.1) is 29.0 Å². The molecule has 2 aromatic heterocycles. The lowest BCUT2D eigenvalue weighted by Crippen LogP contribution is -2.19. The third kappa shape index (κ3) is 5.37. The number of aromatic nitrogens is 3. The van der Waals surface area contributed by atoms with E-state index in [4.69, 9.17) is 9.84 Å². The van der Waals surface area contributed by atoms with Crippen molar-refractivity contribution in [3.63, 3.8) is 0 Å². The summed E-state index contributed by atoms with van der Waals surface area (Å²) in [5.41, 5.74) is -0.587. The fraction of sp³-hybridized carbons (Fsp3) is 0.350. The van der Waals surface area contributed by atoms with Crippen LogP contribution in [0, 0.1) is 11.6 Å². The number of benzene rings is 1. The van der Waals surface area contributed by atoms with Crippen LogP contribution in [0.15, 0.2) is 24.4 Å². The summed E-state index contributed by atoms with van der Waals surface area (Å²) in [6.07, 6.45) is 1.68. The molecule has 2 heterocycles. The molecule has 0 radical (unpaired) electrons. The smallest absolute Gasteiger partial charge is 0.242 e. The Bertz CT molecular complexity index is 1230. The Morgan fingerprint density at radius 3 is 2.81 bits per heavy atom. The van der Waals surface area contributed by atoms with Gasteiger partial charge in [0.2, 0.25) is 15.9 Å². The van der Waals surface area contributed by atoms with Crippen LogP contribution in [0.3, 0.4) is 0 Å². The molecular formula is C20H22F2N4O5S. The molecule has 0 fully saturated rings. The zero-order chi connectivity index (χ0) is 23.3. The number of hydrogen-bond acceptors (Lipinski definition) is 7. The number of carbonyl (C=O) groups is 1. The largest absolute Gasteiger partial charge is 0.476 e. The first kappa shape index (κ1) is 23.5. The minimum atomic E-state index is -3.83. The van der Waals surface area contributed by atoms with Gasteiger partial charge in [-0.3, -0.25) is 14.6 Å². The summed E-state index contributed by atoms with van der Waals surface area (Å²) >= 11 is 0. The molecule has 0 saturated carbocycles. The highest BCUT2D eigenvalue weighted by atomic mass is 32.2. The zero-order valence-electron chi connectivity index (χ0n) is 17.2. The van der Waals surface area contributed by atoms with Gasteiger partial charge in [-0.05, 0) is 30.2 Å². The highest BCUT2D eigenvalue weighted by Crippen LogP contribution is 2.26. The summed E-state index contributed by atoms with van der Waals surface area (Å²) in [5, 5.41) is 16.0. The van der Waals surface area contributed by atoms with Gasteiger partial charge in [-0.25, -0.2) is 22.2 Å². The molecule has 0 unspecified atom stereocenters. The summed E-state index contributed by atoms with van der Waals surface area (Å²) in [6.45, 7) is 1.81. The first-order valence-corrected chi connectivity index (χ1v) is 11.5. The quantitative estimate of drug-likeness (QED) is 0.291. The maximum atomic E-state index is 14.8. The van der Waals surface area contributed by atoms with Gasteiger partial charge in [-0.1, -0.05) is 6.92 Å². The molecule has 0 amide bonds. The van der Waals surface area contributed by atoms with E-state index in [0.717, 1.165) is 12.1 Å². The van der Waals surface area contributed by atoms with Gasteiger partial charge in [0, 0.05) is 25.6 Å². The number of nitrogens with one attached hydrogen (secondary N) is 2. The van der Waals surface area contributed by atoms with E-state index in [0.29, 0.717) is 29.4 Å². The molecular weight excluding hydrogens is 446 g/mol. The number of fused-ring (bicyclic) bond motifs is 1. The molecule has 0 saturated heterocycles. The maximum absolute atomic E-state index is 14.8. The summed E-state index contributed by atoms with van der Waals surface area (Å²) in [5.74, 6) is -3.29. The van der Waals surface area contributed by atoms with Crippen molar-refractivity contribution in [1.29, 1.82) is 0 Å². The summed E-state index contributed by atoms with van der Waals surface area (Å²) < 4.78 is 60.5. The Balaban J connectivity index is 1.86. The molecule has 0 aliphatic heterocycles. The van der Waals surface area contributed by atoms with Crippen LogP contribution in [-0.4, -0.2) is 53.5 Å². The van der Waals surface area contributed by atoms with Crippen LogP contribution >= 0.6 is 0 Å². The van der Waals surface area contributed by atoms with Gasteiger partial charge in [-0.15, -0.1) is 5.10 Å². The molecule has 12 heteroatoms. The molecule has 0 aliphatic rings. The van der Waals surface area contributed by atoms with E-state index in [2.05, 4.69) is 15.2 Å². The van der Waals surface area contributed by atoms with Crippen molar-refractivity contribution < 1.29 is 31.8 Å². The first-order chi connectivity index (χ1) is 15.3. The molecule has 9 nitrogen and oxygen atoms in total. The second kappa shape index (κ2) is 10.0. The minimum absolute atomic E-state index is 0.0504. The van der Waals surface area contributed by atoms with Gasteiger partial charge in [0.15, 0.2) is 17.2 Å². The Hall–Kier alpha value is -3.12. The number of halogens is 2. The van der Waals surface area contributed by atoms with Crippen molar-refractivity contribution in [2.24, 2.45) is 0 Å². The van der Waals surface area contributed by atoms with Gasteiger partial charge in [-0.2, -0.15) is 0 Å². The lowest BCUT2D eigenvalue weighted by Gasteiger charge is -2.11. The Morgan fingerprint density at radius 2 is 2.09 bits per heavy atom. The number of H-pyrrole nitrogens is 1. The predicted molar refractivity (Wildman–Crippen MR) is 113 cm³/mol. The topological polar surface area (TPSA) is 134 Å². The number of ether oxygens (including phenoxy) is 1. The molecule has 0 spiro atoms. The van der Waals surface area contributed by atoms with Gasteiger partial charge in [0.1, 0.15) is 5.82 Å². The molecule has 3 N–H and O–H groups in total. The van der Waals surface area contributed by atoms with Crippen molar-refractivity contribution in [1.82, 2.24) is 15.2 Å². The van der Waals surface area contributed by atoms with Crippen molar-refractivity contribution in [2.45, 2.75) is 26.2 Å². The van der Waals surface area contributed by atoms with E-state index in [1.54, 1.807) is 13.0 Å². The van der Waals surface area contributed by atoms with Crippen molar-refractivity contribution >= 4 is 32.5 Å². The number of Topliss-reactive ketones (excluding diaryl/α,β-unsaturated/α-hetero) is 1. The number of pyridine rings is 1. The van der Waals surface area contributed by atoms with Crippen LogP contribution in [0.5, 0.6) is 5.88 Å². The average molecular weight is 468 g/mol. The fourth-order valence-electron chi connectivity index (χ4n) is 3.01. The SMILES string of the molecule is CCCS(=O)(=O)Nc1ccc(F)c(C(=O)Cc2cnc3[nH]nc(OCCCO)c3c2)c1F. The number of nitrogens with zero attached hydrogens (tertiary/aromatic N) is 2. The van der Waals surface area contributed by atoms with Gasteiger partial charge < -0.3 is 9.84 Å². The second-order valence-electron chi connectivity index (χ2n) is 7.00. The highest BCUT2D eigenvalue weighted by Gasteiger charge is 2.23. The van der Waals surface area contributed by atoms with Crippen molar-refractivity contribution in [3.05, 3.63) is 47.2 Å². The molecule has 0 bridgehead atoms. The van der Waals surface area contributed by atoms with E-state index in [9.17, 15) is 22.0 Å². The number of ketones is 1. The van der Waals surface area contributed by atoms with Gasteiger partial charge in [0.25, 0.3) is 0 Å². The molecule has 0 aliphatic carbocycles. The number of sulfonamides is 1. The lowest BCUT2D eigenvalue weighted by molar-refractivity contribution is 0.0985. The fourth-order valence-corrected chi connectivity index (χ4v) is 4.14. The molecule has 32 heavy (non-hydrogen) atoms. The lowest BCUT2D eigenvalue weighted by atomic mass is 10.0. The monoisotopic (exact) mass is 468 g/mol. The number of carbonyl (C=O) groups excluding carboxylic acids is 1. The predicted octanol–water partition coefficient (Wildman–Crippen LogP) is 2.57. The van der Waals surface area contributed by atoms with E-state index >= 15 is 0 Å². The van der Waals surface area contributed by atoms with Crippen LogP contribution in [0.1, 0.15) is 35.7 Å². The van der Waals surface area contributed by atoms with E-state index in [-0.39, 0.29) is 31.3 Å². The van der Waals surface area contributed by atoms with Crippen molar-refractivity contribution in [2.75, 3.05) is 23.7 Å². The minimum Gasteiger partial charge on any atom is -0.476 e. The maximum Gasteiger partial charge on any atom is 0.242 e. The van der Waals surface area contributed by atoms with E-state index in [1.165, 1.54) is 6.20 Å². The van der Waals surface area contributed by atoms with Crippen LogP contribution in [0.2, 0.25) is 0 Å². The number of hydrogen-bond donors (Lipinski definition) is 3. The zero-order valence-corrected chi connectivity index (χ0v) is 18.0. The highest BCUT2D eigenvalue weighted by molar-refractivity contribution is 7.92. The Morgan fingerprint density at radius 1 is 1.31 bits per heavy atom. The van der Waals surface area contributed by atoms with Gasteiger partial charge >= 0.3 is 0 Å². The summed E-state index contributed by atoms with van der Waals surface area (Å²) in [7, 11) is -3.83. The van der Waals surface area contributed by atoms with Crippen LogP contribution in [0.4, 0.5) is 14.5 Å². The second-order valence-corrected chi connectivity index (χ2v) is 8.84. The molecule has 0 atom stereocenters. The third-order valence-electron chi connectivity index (χ3n) is 4.45. The van der Waals surface area contributed by atoms with Crippen molar-refractivity contribution in [3.8, 4) is 5.88 Å². The Labute approximate surface area is 182 Å². The Kier molecular flexibility index (Phi) is 7.36. The number of rotatable bonds is 11. The molecule has 3 rings (SSSR count). The normalized spacial score (nSPS) is 11.6.